The number of ether oxygens (including phenoxy) is 2. The Balaban J connectivity index is 2.94. The summed E-state index contributed by atoms with van der Waals surface area (Å²) in [7, 11) is 1.53. The topological polar surface area (TPSA) is 64.6 Å². The van der Waals surface area contributed by atoms with Gasteiger partial charge in [0.15, 0.2) is 11.9 Å². The molecule has 5 heteroatoms. The largest absolute Gasteiger partial charge is 0.497 e. The molecular formula is C15H21NO4. The number of carbonyl (C=O) groups excluding carboxylic acids is 2. The lowest BCUT2D eigenvalue weighted by Gasteiger charge is -2.18. The molecule has 110 valence electrons. The van der Waals surface area contributed by atoms with Crippen LogP contribution in [0.4, 0.5) is 0 Å². The van der Waals surface area contributed by atoms with Gasteiger partial charge in [-0.25, -0.2) is 0 Å². The Bertz CT molecular complexity index is 497. The van der Waals surface area contributed by atoms with E-state index >= 15 is 0 Å². The third kappa shape index (κ3) is 4.26. The molecule has 0 unspecified atom stereocenters. The summed E-state index contributed by atoms with van der Waals surface area (Å²) in [5.41, 5.74) is 0.426. The standard InChI is InChI=1S/C15H21NO4/c1-9(2)16-15(18)11(4)20-14-8-12(19-5)6-7-13(14)10(3)17/h6-9,11H,1-5H3,(H,16,18)/t11-/m1/s1. The van der Waals surface area contributed by atoms with E-state index in [4.69, 9.17) is 9.47 Å². The zero-order valence-electron chi connectivity index (χ0n) is 12.5. The van der Waals surface area contributed by atoms with Gasteiger partial charge in [0.05, 0.1) is 12.7 Å². The van der Waals surface area contributed by atoms with Crippen molar-refractivity contribution in [2.24, 2.45) is 0 Å². The number of carbonyl (C=O) groups is 2. The number of Topliss-reactive ketones (excluding diaryl/α,β-unsaturated/α-hetero) is 1. The molecule has 1 atom stereocenters. The Morgan fingerprint density at radius 3 is 2.35 bits per heavy atom. The van der Waals surface area contributed by atoms with Crippen molar-refractivity contribution in [2.75, 3.05) is 7.11 Å². The maximum atomic E-state index is 11.8. The molecule has 0 heterocycles. The molecule has 0 aromatic heterocycles. The summed E-state index contributed by atoms with van der Waals surface area (Å²) < 4.78 is 10.7. The second-order valence-corrected chi connectivity index (χ2v) is 4.84. The van der Waals surface area contributed by atoms with Gasteiger partial charge in [0.25, 0.3) is 5.91 Å². The van der Waals surface area contributed by atoms with Crippen molar-refractivity contribution in [1.29, 1.82) is 0 Å². The predicted octanol–water partition coefficient (Wildman–Crippen LogP) is 2.19. The van der Waals surface area contributed by atoms with E-state index in [-0.39, 0.29) is 17.7 Å². The summed E-state index contributed by atoms with van der Waals surface area (Å²) in [6, 6.07) is 4.95. The van der Waals surface area contributed by atoms with Crippen LogP contribution in [-0.4, -0.2) is 30.9 Å². The fourth-order valence-electron chi connectivity index (χ4n) is 1.66. The third-order valence-corrected chi connectivity index (χ3v) is 2.67. The molecule has 0 saturated carbocycles. The molecule has 0 fully saturated rings. The Hall–Kier alpha value is -2.04. The monoisotopic (exact) mass is 279 g/mol. The number of hydrogen-bond donors (Lipinski definition) is 1. The molecule has 0 aliphatic rings. The highest BCUT2D eigenvalue weighted by molar-refractivity contribution is 5.97. The number of amides is 1. The Labute approximate surface area is 119 Å². The Morgan fingerprint density at radius 2 is 1.85 bits per heavy atom. The lowest BCUT2D eigenvalue weighted by Crippen LogP contribution is -2.40. The first-order valence-corrected chi connectivity index (χ1v) is 6.51. The van der Waals surface area contributed by atoms with E-state index in [0.717, 1.165) is 0 Å². The van der Waals surface area contributed by atoms with Crippen molar-refractivity contribution < 1.29 is 19.1 Å². The van der Waals surface area contributed by atoms with Crippen LogP contribution < -0.4 is 14.8 Å². The van der Waals surface area contributed by atoms with E-state index in [2.05, 4.69) is 5.32 Å². The second-order valence-electron chi connectivity index (χ2n) is 4.84. The van der Waals surface area contributed by atoms with Gasteiger partial charge in [0, 0.05) is 12.1 Å². The van der Waals surface area contributed by atoms with Crippen LogP contribution in [0.2, 0.25) is 0 Å². The summed E-state index contributed by atoms with van der Waals surface area (Å²) in [4.78, 5) is 23.4. The third-order valence-electron chi connectivity index (χ3n) is 2.67. The van der Waals surface area contributed by atoms with Crippen LogP contribution in [-0.2, 0) is 4.79 Å². The van der Waals surface area contributed by atoms with Gasteiger partial charge in [-0.05, 0) is 39.8 Å². The van der Waals surface area contributed by atoms with Gasteiger partial charge in [0.2, 0.25) is 0 Å². The summed E-state index contributed by atoms with van der Waals surface area (Å²) in [6.07, 6.45) is -0.692. The van der Waals surface area contributed by atoms with Gasteiger partial charge < -0.3 is 14.8 Å². The highest BCUT2D eigenvalue weighted by Crippen LogP contribution is 2.26. The summed E-state index contributed by atoms with van der Waals surface area (Å²) >= 11 is 0. The average molecular weight is 279 g/mol. The molecule has 0 saturated heterocycles. The molecular weight excluding hydrogens is 258 g/mol. The number of rotatable bonds is 6. The highest BCUT2D eigenvalue weighted by atomic mass is 16.5. The van der Waals surface area contributed by atoms with Gasteiger partial charge in [-0.15, -0.1) is 0 Å². The molecule has 0 aliphatic carbocycles. The molecule has 1 N–H and O–H groups in total. The lowest BCUT2D eigenvalue weighted by atomic mass is 10.1. The fraction of sp³-hybridized carbons (Fsp3) is 0.467. The van der Waals surface area contributed by atoms with Crippen LogP contribution in [0.1, 0.15) is 38.1 Å². The molecule has 0 bridgehead atoms. The Kier molecular flexibility index (Phi) is 5.55. The highest BCUT2D eigenvalue weighted by Gasteiger charge is 2.18. The molecule has 1 rings (SSSR count). The number of benzene rings is 1. The molecule has 1 amide bonds. The van der Waals surface area contributed by atoms with Gasteiger partial charge in [-0.3, -0.25) is 9.59 Å². The average Bonchev–Trinajstić information content (AvgIpc) is 2.37. The van der Waals surface area contributed by atoms with E-state index < -0.39 is 6.10 Å². The van der Waals surface area contributed by atoms with Crippen molar-refractivity contribution in [3.63, 3.8) is 0 Å². The molecule has 20 heavy (non-hydrogen) atoms. The quantitative estimate of drug-likeness (QED) is 0.811. The van der Waals surface area contributed by atoms with E-state index in [1.165, 1.54) is 14.0 Å². The van der Waals surface area contributed by atoms with Crippen LogP contribution in [0.15, 0.2) is 18.2 Å². The van der Waals surface area contributed by atoms with Crippen LogP contribution in [0.3, 0.4) is 0 Å². The zero-order chi connectivity index (χ0) is 15.3. The molecule has 5 nitrogen and oxygen atoms in total. The van der Waals surface area contributed by atoms with Crippen molar-refractivity contribution in [3.8, 4) is 11.5 Å². The smallest absolute Gasteiger partial charge is 0.260 e. The van der Waals surface area contributed by atoms with Gasteiger partial charge >= 0.3 is 0 Å². The molecule has 0 aliphatic heterocycles. The second kappa shape index (κ2) is 6.93. The minimum Gasteiger partial charge on any atom is -0.497 e. The van der Waals surface area contributed by atoms with Crippen molar-refractivity contribution in [1.82, 2.24) is 5.32 Å². The number of ketones is 1. The normalized spacial score (nSPS) is 11.9. The van der Waals surface area contributed by atoms with E-state index in [1.54, 1.807) is 25.1 Å². The van der Waals surface area contributed by atoms with Crippen LogP contribution >= 0.6 is 0 Å². The van der Waals surface area contributed by atoms with Gasteiger partial charge in [-0.1, -0.05) is 0 Å². The number of methoxy groups -OCH3 is 1. The van der Waals surface area contributed by atoms with Crippen molar-refractivity contribution in [3.05, 3.63) is 23.8 Å². The number of nitrogens with one attached hydrogen (secondary N) is 1. The SMILES string of the molecule is COc1ccc(C(C)=O)c(O[C@H](C)C(=O)NC(C)C)c1. The first kappa shape index (κ1) is 16.0. The lowest BCUT2D eigenvalue weighted by molar-refractivity contribution is -0.127. The molecule has 1 aromatic carbocycles. The van der Waals surface area contributed by atoms with Crippen LogP contribution in [0.25, 0.3) is 0 Å². The van der Waals surface area contributed by atoms with E-state index in [9.17, 15) is 9.59 Å². The summed E-state index contributed by atoms with van der Waals surface area (Å²) in [6.45, 7) is 6.84. The first-order valence-electron chi connectivity index (χ1n) is 6.51. The minimum absolute atomic E-state index is 0.0335. The van der Waals surface area contributed by atoms with Gasteiger partial charge in [0.1, 0.15) is 11.5 Å². The van der Waals surface area contributed by atoms with Crippen molar-refractivity contribution >= 4 is 11.7 Å². The fourth-order valence-corrected chi connectivity index (χ4v) is 1.66. The van der Waals surface area contributed by atoms with Crippen LogP contribution in [0.5, 0.6) is 11.5 Å². The molecule has 0 radical (unpaired) electrons. The van der Waals surface area contributed by atoms with E-state index in [1.807, 2.05) is 13.8 Å². The maximum absolute atomic E-state index is 11.8. The van der Waals surface area contributed by atoms with Crippen molar-refractivity contribution in [2.45, 2.75) is 39.8 Å². The first-order chi connectivity index (χ1) is 9.35. The molecule has 1 aromatic rings. The number of hydrogen-bond acceptors (Lipinski definition) is 4. The summed E-state index contributed by atoms with van der Waals surface area (Å²) in [5.74, 6) is 0.571. The van der Waals surface area contributed by atoms with E-state index in [0.29, 0.717) is 17.1 Å². The van der Waals surface area contributed by atoms with Crippen LogP contribution in [0, 0.1) is 0 Å². The van der Waals surface area contributed by atoms with Gasteiger partial charge in [-0.2, -0.15) is 0 Å². The Morgan fingerprint density at radius 1 is 1.20 bits per heavy atom. The minimum atomic E-state index is -0.692. The predicted molar refractivity (Wildman–Crippen MR) is 76.4 cm³/mol. The maximum Gasteiger partial charge on any atom is 0.260 e. The summed E-state index contributed by atoms with van der Waals surface area (Å²) in [5, 5.41) is 2.76. The molecule has 0 spiro atoms. The zero-order valence-corrected chi connectivity index (χ0v) is 12.5.